The van der Waals surface area contributed by atoms with Gasteiger partial charge in [-0.1, -0.05) is 30.0 Å². The van der Waals surface area contributed by atoms with E-state index in [2.05, 4.69) is 15.2 Å². The van der Waals surface area contributed by atoms with Gasteiger partial charge in [0.15, 0.2) is 0 Å². The Balaban J connectivity index is 1.36. The first-order valence-electron chi connectivity index (χ1n) is 12.1. The lowest BCUT2D eigenvalue weighted by Gasteiger charge is -2.27. The Labute approximate surface area is 205 Å². The van der Waals surface area contributed by atoms with E-state index in [9.17, 15) is 9.59 Å². The van der Waals surface area contributed by atoms with Crippen molar-refractivity contribution >= 4 is 17.7 Å². The Hall–Kier alpha value is -2.36. The van der Waals surface area contributed by atoms with Gasteiger partial charge in [0, 0.05) is 49.5 Å². The molecular weight excluding hydrogens is 452 g/mol. The molecule has 1 aromatic heterocycles. The zero-order valence-corrected chi connectivity index (χ0v) is 20.7. The van der Waals surface area contributed by atoms with Gasteiger partial charge in [-0.05, 0) is 38.2 Å². The summed E-state index contributed by atoms with van der Waals surface area (Å²) >= 11 is 1.37. The molecule has 2 aromatic rings. The fourth-order valence-corrected chi connectivity index (χ4v) is 5.51. The lowest BCUT2D eigenvalue weighted by molar-refractivity contribution is -0.118. The van der Waals surface area contributed by atoms with Crippen molar-refractivity contribution in [1.29, 1.82) is 0 Å². The van der Waals surface area contributed by atoms with Crippen LogP contribution in [0, 0.1) is 0 Å². The van der Waals surface area contributed by atoms with Crippen LogP contribution in [-0.2, 0) is 35.5 Å². The molecule has 0 radical (unpaired) electrons. The summed E-state index contributed by atoms with van der Waals surface area (Å²) in [5.74, 6) is 0.898. The van der Waals surface area contributed by atoms with Crippen molar-refractivity contribution in [2.45, 2.75) is 50.2 Å². The second kappa shape index (κ2) is 12.4. The number of benzene rings is 1. The Morgan fingerprint density at radius 1 is 1.18 bits per heavy atom. The second-order valence-electron chi connectivity index (χ2n) is 8.67. The molecule has 0 spiro atoms. The predicted molar refractivity (Wildman–Crippen MR) is 133 cm³/mol. The number of carbonyl (C=O) groups is 1. The van der Waals surface area contributed by atoms with E-state index in [1.165, 1.54) is 11.8 Å². The highest BCUT2D eigenvalue weighted by Crippen LogP contribution is 2.28. The Morgan fingerprint density at radius 2 is 1.97 bits per heavy atom. The molecule has 0 saturated carbocycles. The highest BCUT2D eigenvalue weighted by molar-refractivity contribution is 7.99. The van der Waals surface area contributed by atoms with Gasteiger partial charge in [-0.15, -0.1) is 0 Å². The highest BCUT2D eigenvalue weighted by atomic mass is 32.2. The van der Waals surface area contributed by atoms with Crippen molar-refractivity contribution in [3.05, 3.63) is 51.6 Å². The molecule has 184 valence electrons. The van der Waals surface area contributed by atoms with Crippen LogP contribution in [0.3, 0.4) is 0 Å². The number of hydrogen-bond acceptors (Lipinski definition) is 7. The van der Waals surface area contributed by atoms with Gasteiger partial charge >= 0.3 is 5.69 Å². The lowest BCUT2D eigenvalue weighted by Crippen LogP contribution is -2.38. The van der Waals surface area contributed by atoms with Gasteiger partial charge in [0.25, 0.3) is 0 Å². The van der Waals surface area contributed by atoms with E-state index in [1.54, 1.807) is 7.11 Å². The summed E-state index contributed by atoms with van der Waals surface area (Å²) in [6, 6.07) is 7.63. The fraction of sp³-hybridized carbons (Fsp3) is 0.560. The number of morpholine rings is 1. The molecule has 4 rings (SSSR count). The number of fused-ring (bicyclic) bond motifs is 1. The number of carbonyl (C=O) groups excluding carboxylic acids is 1. The quantitative estimate of drug-likeness (QED) is 0.407. The fourth-order valence-electron chi connectivity index (χ4n) is 4.60. The van der Waals surface area contributed by atoms with Crippen LogP contribution in [0.1, 0.15) is 36.1 Å². The number of nitrogens with zero attached hydrogens (tertiary/aromatic N) is 3. The van der Waals surface area contributed by atoms with Gasteiger partial charge in [-0.25, -0.2) is 4.79 Å². The number of aromatic nitrogens is 2. The normalized spacial score (nSPS) is 16.1. The molecule has 2 aliphatic rings. The molecule has 1 aliphatic heterocycles. The van der Waals surface area contributed by atoms with Crippen molar-refractivity contribution in [3.8, 4) is 5.75 Å². The van der Waals surface area contributed by atoms with Gasteiger partial charge in [0.1, 0.15) is 10.8 Å². The number of hydrogen-bond donors (Lipinski definition) is 1. The van der Waals surface area contributed by atoms with Gasteiger partial charge in [0.05, 0.1) is 26.1 Å². The average Bonchev–Trinajstić information content (AvgIpc) is 2.88. The zero-order chi connectivity index (χ0) is 23.8. The van der Waals surface area contributed by atoms with E-state index in [1.807, 2.05) is 28.8 Å². The largest absolute Gasteiger partial charge is 0.496 e. The lowest BCUT2D eigenvalue weighted by atomic mass is 9.97. The summed E-state index contributed by atoms with van der Waals surface area (Å²) in [7, 11) is 1.62. The smallest absolute Gasteiger partial charge is 0.348 e. The standard InChI is InChI=1S/C25H34N4O4S/c1-32-22-10-5-2-7-19(22)17-26-23(30)18-34-24-20-8-3-4-9-21(20)29(25(31)27-24)12-6-11-28-13-15-33-16-14-28/h2,5,7,10H,3-4,6,8-9,11-18H2,1H3,(H,26,30). The first-order chi connectivity index (χ1) is 16.7. The maximum Gasteiger partial charge on any atom is 0.348 e. The summed E-state index contributed by atoms with van der Waals surface area (Å²) < 4.78 is 12.6. The Kier molecular flexibility index (Phi) is 9.01. The maximum absolute atomic E-state index is 12.9. The molecule has 1 aliphatic carbocycles. The number of thioether (sulfide) groups is 1. The molecule has 9 heteroatoms. The van der Waals surface area contributed by atoms with Crippen LogP contribution in [-0.4, -0.2) is 66.1 Å². The minimum absolute atomic E-state index is 0.0862. The molecule has 8 nitrogen and oxygen atoms in total. The number of para-hydroxylation sites is 1. The number of methoxy groups -OCH3 is 1. The third-order valence-corrected chi connectivity index (χ3v) is 7.44. The van der Waals surface area contributed by atoms with Crippen molar-refractivity contribution in [2.24, 2.45) is 0 Å². The van der Waals surface area contributed by atoms with Gasteiger partial charge < -0.3 is 14.8 Å². The van der Waals surface area contributed by atoms with Crippen LogP contribution in [0.4, 0.5) is 0 Å². The molecule has 0 unspecified atom stereocenters. The Bertz CT molecular complexity index is 1040. The molecule has 1 N–H and O–H groups in total. The summed E-state index contributed by atoms with van der Waals surface area (Å²) in [6.07, 6.45) is 4.92. The second-order valence-corrected chi connectivity index (χ2v) is 9.63. The first-order valence-corrected chi connectivity index (χ1v) is 13.1. The van der Waals surface area contributed by atoms with Crippen molar-refractivity contribution < 1.29 is 14.3 Å². The third-order valence-electron chi connectivity index (χ3n) is 6.42. The van der Waals surface area contributed by atoms with E-state index in [0.717, 1.165) is 92.5 Å². The van der Waals surface area contributed by atoms with E-state index in [4.69, 9.17) is 9.47 Å². The number of nitrogens with one attached hydrogen (secondary N) is 1. The van der Waals surface area contributed by atoms with Crippen LogP contribution in [0.25, 0.3) is 0 Å². The van der Waals surface area contributed by atoms with Crippen LogP contribution in [0.2, 0.25) is 0 Å². The maximum atomic E-state index is 12.9. The minimum atomic E-state index is -0.195. The van der Waals surface area contributed by atoms with Crippen LogP contribution < -0.4 is 15.7 Å². The van der Waals surface area contributed by atoms with Crippen molar-refractivity contribution in [2.75, 3.05) is 45.7 Å². The van der Waals surface area contributed by atoms with Crippen LogP contribution in [0.5, 0.6) is 5.75 Å². The summed E-state index contributed by atoms with van der Waals surface area (Å²) in [5, 5.41) is 3.66. The van der Waals surface area contributed by atoms with Gasteiger partial charge in [-0.2, -0.15) is 4.98 Å². The van der Waals surface area contributed by atoms with E-state index >= 15 is 0 Å². The minimum Gasteiger partial charge on any atom is -0.496 e. The molecule has 1 saturated heterocycles. The van der Waals surface area contributed by atoms with E-state index in [-0.39, 0.29) is 17.3 Å². The zero-order valence-electron chi connectivity index (χ0n) is 19.9. The molecule has 34 heavy (non-hydrogen) atoms. The highest BCUT2D eigenvalue weighted by Gasteiger charge is 2.21. The van der Waals surface area contributed by atoms with Gasteiger partial charge in [0.2, 0.25) is 5.91 Å². The van der Waals surface area contributed by atoms with E-state index in [0.29, 0.717) is 13.1 Å². The third kappa shape index (κ3) is 6.40. The summed E-state index contributed by atoms with van der Waals surface area (Å²) in [5.41, 5.74) is 3.00. The average molecular weight is 487 g/mol. The predicted octanol–water partition coefficient (Wildman–Crippen LogP) is 2.26. The molecule has 2 heterocycles. The molecule has 0 atom stereocenters. The topological polar surface area (TPSA) is 85.7 Å². The molecule has 1 aromatic carbocycles. The molecular formula is C25H34N4O4S. The molecule has 1 amide bonds. The Morgan fingerprint density at radius 3 is 2.79 bits per heavy atom. The van der Waals surface area contributed by atoms with Crippen molar-refractivity contribution in [3.63, 3.8) is 0 Å². The number of amides is 1. The summed E-state index contributed by atoms with van der Waals surface area (Å²) in [4.78, 5) is 32.2. The van der Waals surface area contributed by atoms with Crippen LogP contribution in [0.15, 0.2) is 34.1 Å². The van der Waals surface area contributed by atoms with Crippen LogP contribution >= 0.6 is 11.8 Å². The SMILES string of the molecule is COc1ccccc1CNC(=O)CSc1nc(=O)n(CCCN2CCOCC2)c2c1CCCC2. The summed E-state index contributed by atoms with van der Waals surface area (Å²) in [6.45, 7) is 5.55. The number of rotatable bonds is 10. The molecule has 0 bridgehead atoms. The van der Waals surface area contributed by atoms with Gasteiger partial charge in [-0.3, -0.25) is 14.3 Å². The number of ether oxygens (including phenoxy) is 2. The molecule has 1 fully saturated rings. The van der Waals surface area contributed by atoms with E-state index < -0.39 is 0 Å². The first kappa shape index (κ1) is 24.8. The monoisotopic (exact) mass is 486 g/mol. The van der Waals surface area contributed by atoms with Crippen molar-refractivity contribution in [1.82, 2.24) is 19.8 Å².